The summed E-state index contributed by atoms with van der Waals surface area (Å²) in [6.45, 7) is 3.90. The molecule has 0 saturated heterocycles. The molecule has 0 aliphatic rings. The second-order valence-corrected chi connectivity index (χ2v) is 6.20. The average Bonchev–Trinajstić information content (AvgIpc) is 2.62. The Morgan fingerprint density at radius 1 is 1.12 bits per heavy atom. The summed E-state index contributed by atoms with van der Waals surface area (Å²) >= 11 is 1.41. The number of aryl methyl sites for hydroxylation is 1. The molecule has 2 aromatic rings. The zero-order valence-corrected chi connectivity index (χ0v) is 15.0. The molecule has 0 aliphatic carbocycles. The van der Waals surface area contributed by atoms with E-state index in [2.05, 4.69) is 10.2 Å². The molecule has 0 saturated carbocycles. The van der Waals surface area contributed by atoms with Gasteiger partial charge in [-0.15, -0.1) is 16.9 Å². The lowest BCUT2D eigenvalue weighted by Gasteiger charge is -2.06. The van der Waals surface area contributed by atoms with Crippen LogP contribution in [-0.2, 0) is 9.53 Å². The molecule has 6 heteroatoms. The average molecular weight is 356 g/mol. The lowest BCUT2D eigenvalue weighted by Crippen LogP contribution is -2.09. The summed E-state index contributed by atoms with van der Waals surface area (Å²) in [5.41, 5.74) is 1.57. The van der Waals surface area contributed by atoms with E-state index >= 15 is 0 Å². The maximum absolute atomic E-state index is 12.1. The lowest BCUT2D eigenvalue weighted by atomic mass is 10.2. The molecule has 2 rings (SSSR count). The molecule has 0 spiro atoms. The van der Waals surface area contributed by atoms with Crippen LogP contribution in [0.1, 0.15) is 12.5 Å². The molecule has 0 heterocycles. The first-order valence-electron chi connectivity index (χ1n) is 7.85. The van der Waals surface area contributed by atoms with E-state index in [-0.39, 0.29) is 23.8 Å². The zero-order valence-electron chi connectivity index (χ0n) is 14.2. The molecule has 0 radical (unpaired) electrons. The van der Waals surface area contributed by atoms with Crippen molar-refractivity contribution in [3.63, 3.8) is 0 Å². The molecule has 5 nitrogen and oxygen atoms in total. The minimum Gasteiger partial charge on any atom is -0.509 e. The van der Waals surface area contributed by atoms with Crippen LogP contribution in [0.25, 0.3) is 0 Å². The van der Waals surface area contributed by atoms with E-state index in [0.717, 1.165) is 10.5 Å². The number of aliphatic hydroxyl groups excluding tert-OH is 1. The minimum absolute atomic E-state index is 0.163. The predicted molar refractivity (Wildman–Crippen MR) is 99.1 cm³/mol. The van der Waals surface area contributed by atoms with Gasteiger partial charge in [-0.1, -0.05) is 35.9 Å². The molecule has 0 unspecified atom stereocenters. The summed E-state index contributed by atoms with van der Waals surface area (Å²) < 4.78 is 4.96. The Kier molecular flexibility index (Phi) is 7.22. The maximum atomic E-state index is 12.1. The highest BCUT2D eigenvalue weighted by atomic mass is 32.2. The molecule has 0 amide bonds. The number of ether oxygens (including phenoxy) is 1. The predicted octanol–water partition coefficient (Wildman–Crippen LogP) is 5.20. The van der Waals surface area contributed by atoms with Gasteiger partial charge in [0.15, 0.2) is 0 Å². The van der Waals surface area contributed by atoms with Crippen LogP contribution in [0.15, 0.2) is 81.2 Å². The van der Waals surface area contributed by atoms with Crippen molar-refractivity contribution in [1.82, 2.24) is 0 Å². The van der Waals surface area contributed by atoms with Gasteiger partial charge < -0.3 is 9.84 Å². The highest BCUT2D eigenvalue weighted by Gasteiger charge is 2.17. The van der Waals surface area contributed by atoms with E-state index < -0.39 is 5.97 Å². The van der Waals surface area contributed by atoms with Crippen LogP contribution >= 0.6 is 11.8 Å². The fourth-order valence-electron chi connectivity index (χ4n) is 1.87. The number of nitrogens with zero attached hydrogens (tertiary/aromatic N) is 2. The second kappa shape index (κ2) is 9.64. The van der Waals surface area contributed by atoms with Crippen molar-refractivity contribution in [2.45, 2.75) is 18.7 Å². The molecule has 2 aromatic carbocycles. The SMILES string of the molecule is CCOC(=O)C(N=Nc1ccccc1)=C(O)CSc1ccc(C)cc1. The van der Waals surface area contributed by atoms with Gasteiger partial charge >= 0.3 is 5.97 Å². The fourth-order valence-corrected chi connectivity index (χ4v) is 2.64. The number of azo groups is 1. The summed E-state index contributed by atoms with van der Waals surface area (Å²) in [5.74, 6) is -0.654. The van der Waals surface area contributed by atoms with Crippen molar-refractivity contribution in [3.05, 3.63) is 71.6 Å². The smallest absolute Gasteiger partial charge is 0.362 e. The third-order valence-electron chi connectivity index (χ3n) is 3.16. The van der Waals surface area contributed by atoms with Crippen LogP contribution in [0.4, 0.5) is 5.69 Å². The van der Waals surface area contributed by atoms with Gasteiger partial charge in [-0.25, -0.2) is 4.79 Å². The third kappa shape index (κ3) is 6.08. The van der Waals surface area contributed by atoms with Gasteiger partial charge in [0.2, 0.25) is 5.70 Å². The van der Waals surface area contributed by atoms with Gasteiger partial charge in [-0.05, 0) is 38.1 Å². The quantitative estimate of drug-likeness (QED) is 0.243. The number of carbonyl (C=O) groups excluding carboxylic acids is 1. The summed E-state index contributed by atoms with van der Waals surface area (Å²) in [5, 5.41) is 18.2. The highest BCUT2D eigenvalue weighted by molar-refractivity contribution is 7.99. The topological polar surface area (TPSA) is 71.2 Å². The van der Waals surface area contributed by atoms with Gasteiger partial charge in [0.1, 0.15) is 5.76 Å². The first-order valence-corrected chi connectivity index (χ1v) is 8.84. The molecule has 25 heavy (non-hydrogen) atoms. The highest BCUT2D eigenvalue weighted by Crippen LogP contribution is 2.23. The molecular formula is C19H20N2O3S. The number of benzene rings is 2. The van der Waals surface area contributed by atoms with E-state index in [1.165, 1.54) is 11.8 Å². The minimum atomic E-state index is -0.691. The van der Waals surface area contributed by atoms with Crippen molar-refractivity contribution < 1.29 is 14.6 Å². The summed E-state index contributed by atoms with van der Waals surface area (Å²) in [7, 11) is 0. The Balaban J connectivity index is 2.16. The summed E-state index contributed by atoms with van der Waals surface area (Å²) in [6.07, 6.45) is 0. The number of carbonyl (C=O) groups is 1. The summed E-state index contributed by atoms with van der Waals surface area (Å²) in [4.78, 5) is 13.0. The first kappa shape index (κ1) is 18.7. The van der Waals surface area contributed by atoms with Gasteiger partial charge in [0, 0.05) is 4.90 Å². The number of thioether (sulfide) groups is 1. The van der Waals surface area contributed by atoms with E-state index in [1.807, 2.05) is 49.4 Å². The monoisotopic (exact) mass is 356 g/mol. The zero-order chi connectivity index (χ0) is 18.1. The van der Waals surface area contributed by atoms with Gasteiger partial charge in [0.05, 0.1) is 18.0 Å². The Hall–Kier alpha value is -2.60. The fraction of sp³-hybridized carbons (Fsp3) is 0.211. The molecular weight excluding hydrogens is 336 g/mol. The maximum Gasteiger partial charge on any atom is 0.362 e. The first-order chi connectivity index (χ1) is 12.1. The molecule has 0 bridgehead atoms. The molecule has 130 valence electrons. The Labute approximate surface area is 151 Å². The van der Waals surface area contributed by atoms with Crippen LogP contribution in [-0.4, -0.2) is 23.4 Å². The van der Waals surface area contributed by atoms with E-state index in [9.17, 15) is 9.90 Å². The third-order valence-corrected chi connectivity index (χ3v) is 4.18. The van der Waals surface area contributed by atoms with Gasteiger partial charge in [-0.2, -0.15) is 5.11 Å². The van der Waals surface area contributed by atoms with Crippen LogP contribution in [0.2, 0.25) is 0 Å². The number of hydrogen-bond acceptors (Lipinski definition) is 6. The number of rotatable bonds is 7. The van der Waals surface area contributed by atoms with Gasteiger partial charge in [0.25, 0.3) is 0 Å². The molecule has 0 aliphatic heterocycles. The van der Waals surface area contributed by atoms with Crippen LogP contribution in [0, 0.1) is 6.92 Å². The van der Waals surface area contributed by atoms with Gasteiger partial charge in [-0.3, -0.25) is 0 Å². The van der Waals surface area contributed by atoms with Crippen LogP contribution in [0.3, 0.4) is 0 Å². The van der Waals surface area contributed by atoms with Crippen molar-refractivity contribution in [1.29, 1.82) is 0 Å². The second-order valence-electron chi connectivity index (χ2n) is 5.15. The Bertz CT molecular complexity index is 756. The Morgan fingerprint density at radius 3 is 2.44 bits per heavy atom. The van der Waals surface area contributed by atoms with Crippen molar-refractivity contribution in [2.75, 3.05) is 12.4 Å². The van der Waals surface area contributed by atoms with E-state index in [1.54, 1.807) is 19.1 Å². The molecule has 0 fully saturated rings. The molecule has 0 aromatic heterocycles. The molecule has 0 atom stereocenters. The largest absolute Gasteiger partial charge is 0.509 e. The molecule has 1 N–H and O–H groups in total. The number of esters is 1. The van der Waals surface area contributed by atoms with E-state index in [0.29, 0.717) is 5.69 Å². The summed E-state index contributed by atoms with van der Waals surface area (Å²) in [6, 6.07) is 16.9. The number of hydrogen-bond donors (Lipinski definition) is 1. The van der Waals surface area contributed by atoms with Crippen molar-refractivity contribution >= 4 is 23.4 Å². The Morgan fingerprint density at radius 2 is 1.80 bits per heavy atom. The van der Waals surface area contributed by atoms with Crippen LogP contribution in [0.5, 0.6) is 0 Å². The normalized spacial score (nSPS) is 12.1. The van der Waals surface area contributed by atoms with Crippen LogP contribution < -0.4 is 0 Å². The number of aliphatic hydroxyl groups is 1. The standard InChI is InChI=1S/C19H20N2O3S/c1-3-24-19(23)18(21-20-15-7-5-4-6-8-15)17(22)13-25-16-11-9-14(2)10-12-16/h4-12,22H,3,13H2,1-2H3. The van der Waals surface area contributed by atoms with Crippen molar-refractivity contribution in [2.24, 2.45) is 10.2 Å². The van der Waals surface area contributed by atoms with E-state index in [4.69, 9.17) is 4.74 Å². The van der Waals surface area contributed by atoms with Crippen molar-refractivity contribution in [3.8, 4) is 0 Å². The lowest BCUT2D eigenvalue weighted by molar-refractivity contribution is -0.138.